The number of rotatable bonds is 2. The largest absolute Gasteiger partial charge is 0.508 e. The van der Waals surface area contributed by atoms with Crippen LogP contribution in [-0.2, 0) is 0 Å². The molecule has 1 rings (SSSR count). The number of aromatic hydroxyl groups is 3. The van der Waals surface area contributed by atoms with Gasteiger partial charge in [-0.2, -0.15) is 0 Å². The predicted octanol–water partition coefficient (Wildman–Crippen LogP) is 1.63. The molecule has 0 aliphatic heterocycles. The number of phenolic OH excluding ortho intramolecular Hbond substituents is 3. The topological polar surface area (TPSA) is 86.7 Å². The van der Waals surface area contributed by atoms with Crippen molar-refractivity contribution in [3.8, 4) is 17.2 Å². The van der Waals surface area contributed by atoms with Crippen LogP contribution in [0.4, 0.5) is 0 Å². The Hall–Kier alpha value is -1.13. The molecule has 5 heteroatoms. The average molecular weight is 220 g/mol. The number of hydrogen-bond acceptors (Lipinski definition) is 4. The molecule has 0 bridgehead atoms. The first kappa shape index (κ1) is 12.9. The monoisotopic (exact) mass is 219 g/mol. The van der Waals surface area contributed by atoms with Gasteiger partial charge in [0.15, 0.2) is 0 Å². The third-order valence-electron chi connectivity index (χ3n) is 1.93. The molecule has 0 radical (unpaired) electrons. The van der Waals surface area contributed by atoms with Crippen molar-refractivity contribution in [2.45, 2.75) is 19.4 Å². The summed E-state index contributed by atoms with van der Waals surface area (Å²) < 4.78 is 0. The summed E-state index contributed by atoms with van der Waals surface area (Å²) in [7, 11) is 0. The van der Waals surface area contributed by atoms with E-state index < -0.39 is 6.04 Å². The fourth-order valence-electron chi connectivity index (χ4n) is 1.19. The number of hydrogen-bond donors (Lipinski definition) is 4. The quantitative estimate of drug-likeness (QED) is 0.609. The van der Waals surface area contributed by atoms with E-state index in [1.807, 2.05) is 6.92 Å². The maximum absolute atomic E-state index is 9.37. The third kappa shape index (κ3) is 2.43. The highest BCUT2D eigenvalue weighted by molar-refractivity contribution is 5.85. The molecular weight excluding hydrogens is 206 g/mol. The molecule has 80 valence electrons. The zero-order valence-corrected chi connectivity index (χ0v) is 8.58. The molecule has 0 spiro atoms. The lowest BCUT2D eigenvalue weighted by molar-refractivity contribution is 0.411. The van der Waals surface area contributed by atoms with Crippen molar-refractivity contribution < 1.29 is 15.3 Å². The third-order valence-corrected chi connectivity index (χ3v) is 1.93. The summed E-state index contributed by atoms with van der Waals surface area (Å²) in [6.07, 6.45) is 0.603. The Bertz CT molecular complexity index is 294. The van der Waals surface area contributed by atoms with Crippen molar-refractivity contribution >= 4 is 12.4 Å². The molecule has 5 N–H and O–H groups in total. The molecule has 0 aliphatic rings. The summed E-state index contributed by atoms with van der Waals surface area (Å²) in [5.74, 6) is -0.527. The van der Waals surface area contributed by atoms with E-state index in [1.165, 1.54) is 0 Å². The maximum Gasteiger partial charge on any atom is 0.127 e. The van der Waals surface area contributed by atoms with E-state index in [4.69, 9.17) is 10.8 Å². The van der Waals surface area contributed by atoms with Crippen LogP contribution in [-0.4, -0.2) is 15.3 Å². The Morgan fingerprint density at radius 2 is 1.64 bits per heavy atom. The van der Waals surface area contributed by atoms with Crippen LogP contribution in [0.15, 0.2) is 12.1 Å². The molecule has 0 aromatic heterocycles. The molecule has 0 aliphatic carbocycles. The second kappa shape index (κ2) is 4.93. The summed E-state index contributed by atoms with van der Waals surface area (Å²) in [6, 6.07) is 1.90. The van der Waals surface area contributed by atoms with E-state index in [1.54, 1.807) is 0 Å². The molecular formula is C9H14ClNO3. The molecule has 0 unspecified atom stereocenters. The smallest absolute Gasteiger partial charge is 0.127 e. The maximum atomic E-state index is 9.37. The van der Waals surface area contributed by atoms with Gasteiger partial charge >= 0.3 is 0 Å². The fraction of sp³-hybridized carbons (Fsp3) is 0.333. The van der Waals surface area contributed by atoms with E-state index in [0.29, 0.717) is 6.42 Å². The Morgan fingerprint density at radius 3 is 2.00 bits per heavy atom. The molecule has 1 atom stereocenters. The van der Waals surface area contributed by atoms with E-state index in [-0.39, 0.29) is 35.2 Å². The Balaban J connectivity index is 0.00000169. The van der Waals surface area contributed by atoms with Crippen molar-refractivity contribution in [3.05, 3.63) is 17.7 Å². The van der Waals surface area contributed by atoms with Crippen molar-refractivity contribution in [2.75, 3.05) is 0 Å². The lowest BCUT2D eigenvalue weighted by Crippen LogP contribution is -2.08. The van der Waals surface area contributed by atoms with Crippen LogP contribution in [0.1, 0.15) is 24.9 Å². The minimum absolute atomic E-state index is 0. The number of phenols is 3. The van der Waals surface area contributed by atoms with Crippen LogP contribution in [0.25, 0.3) is 0 Å². The second-order valence-electron chi connectivity index (χ2n) is 2.91. The molecule has 1 aromatic rings. The normalized spacial score (nSPS) is 11.9. The van der Waals surface area contributed by atoms with E-state index in [2.05, 4.69) is 0 Å². The van der Waals surface area contributed by atoms with Crippen molar-refractivity contribution in [3.63, 3.8) is 0 Å². The van der Waals surface area contributed by atoms with Gasteiger partial charge in [0.05, 0.1) is 5.56 Å². The standard InChI is InChI=1S/C9H13NO3.ClH/c1-2-6(10)9-7(12)3-5(11)4-8(9)13;/h3-4,6,11-13H,2,10H2,1H3;1H/t6-;/m1./s1. The summed E-state index contributed by atoms with van der Waals surface area (Å²) >= 11 is 0. The highest BCUT2D eigenvalue weighted by Crippen LogP contribution is 2.36. The summed E-state index contributed by atoms with van der Waals surface area (Å²) in [4.78, 5) is 0. The minimum Gasteiger partial charge on any atom is -0.508 e. The number of halogens is 1. The van der Waals surface area contributed by atoms with Gasteiger partial charge in [-0.15, -0.1) is 12.4 Å². The highest BCUT2D eigenvalue weighted by atomic mass is 35.5. The zero-order chi connectivity index (χ0) is 10.0. The van der Waals surface area contributed by atoms with Gasteiger partial charge in [0.1, 0.15) is 17.2 Å². The first-order valence-corrected chi connectivity index (χ1v) is 4.06. The van der Waals surface area contributed by atoms with Gasteiger partial charge in [0, 0.05) is 18.2 Å². The van der Waals surface area contributed by atoms with Crippen molar-refractivity contribution in [2.24, 2.45) is 5.73 Å². The SMILES string of the molecule is CC[C@@H](N)c1c(O)cc(O)cc1O.Cl. The van der Waals surface area contributed by atoms with E-state index in [0.717, 1.165) is 12.1 Å². The first-order chi connectivity index (χ1) is 6.06. The van der Waals surface area contributed by atoms with Crippen LogP contribution in [0, 0.1) is 0 Å². The van der Waals surface area contributed by atoms with Gasteiger partial charge in [0.2, 0.25) is 0 Å². The van der Waals surface area contributed by atoms with Gasteiger partial charge in [-0.1, -0.05) is 6.92 Å². The zero-order valence-electron chi connectivity index (χ0n) is 7.77. The summed E-state index contributed by atoms with van der Waals surface area (Å²) in [5, 5.41) is 27.8. The van der Waals surface area contributed by atoms with Crippen LogP contribution >= 0.6 is 12.4 Å². The van der Waals surface area contributed by atoms with Crippen LogP contribution in [0.5, 0.6) is 17.2 Å². The van der Waals surface area contributed by atoms with Crippen molar-refractivity contribution in [1.29, 1.82) is 0 Å². The van der Waals surface area contributed by atoms with Gasteiger partial charge in [-0.3, -0.25) is 0 Å². The molecule has 0 saturated carbocycles. The van der Waals surface area contributed by atoms with Gasteiger partial charge < -0.3 is 21.1 Å². The van der Waals surface area contributed by atoms with Crippen LogP contribution in [0.2, 0.25) is 0 Å². The van der Waals surface area contributed by atoms with Crippen molar-refractivity contribution in [1.82, 2.24) is 0 Å². The summed E-state index contributed by atoms with van der Waals surface area (Å²) in [5.41, 5.74) is 5.92. The molecule has 0 amide bonds. The van der Waals surface area contributed by atoms with Crippen LogP contribution < -0.4 is 5.73 Å². The van der Waals surface area contributed by atoms with E-state index in [9.17, 15) is 10.2 Å². The molecule has 4 nitrogen and oxygen atoms in total. The molecule has 0 fully saturated rings. The van der Waals surface area contributed by atoms with Gasteiger partial charge in [-0.25, -0.2) is 0 Å². The Kier molecular flexibility index (Phi) is 4.53. The molecule has 0 heterocycles. The Labute approximate surface area is 88.4 Å². The van der Waals surface area contributed by atoms with Gasteiger partial charge in [-0.05, 0) is 6.42 Å². The van der Waals surface area contributed by atoms with Crippen LogP contribution in [0.3, 0.4) is 0 Å². The lowest BCUT2D eigenvalue weighted by Gasteiger charge is -2.13. The lowest BCUT2D eigenvalue weighted by atomic mass is 10.0. The van der Waals surface area contributed by atoms with E-state index >= 15 is 0 Å². The molecule has 0 saturated heterocycles. The number of benzene rings is 1. The second-order valence-corrected chi connectivity index (χ2v) is 2.91. The first-order valence-electron chi connectivity index (χ1n) is 4.06. The molecule has 1 aromatic carbocycles. The highest BCUT2D eigenvalue weighted by Gasteiger charge is 2.15. The number of nitrogens with two attached hydrogens (primary N) is 1. The fourth-order valence-corrected chi connectivity index (χ4v) is 1.19. The predicted molar refractivity (Wildman–Crippen MR) is 55.9 cm³/mol. The average Bonchev–Trinajstić information content (AvgIpc) is 2.02. The summed E-state index contributed by atoms with van der Waals surface area (Å²) in [6.45, 7) is 1.84. The molecule has 14 heavy (non-hydrogen) atoms. The minimum atomic E-state index is -0.416. The van der Waals surface area contributed by atoms with Gasteiger partial charge in [0.25, 0.3) is 0 Å². The Morgan fingerprint density at radius 1 is 1.21 bits per heavy atom.